The number of halogens is 3. The van der Waals surface area contributed by atoms with Crippen molar-refractivity contribution in [3.63, 3.8) is 0 Å². The smallest absolute Gasteiger partial charge is 0.387 e. The van der Waals surface area contributed by atoms with E-state index in [-0.39, 0.29) is 29.6 Å². The Bertz CT molecular complexity index is 1040. The number of carbonyl (C=O) groups excluding carboxylic acids is 1. The lowest BCUT2D eigenvalue weighted by molar-refractivity contribution is -0.0512. The van der Waals surface area contributed by atoms with E-state index in [0.717, 1.165) is 10.2 Å². The Morgan fingerprint density at radius 2 is 2.03 bits per heavy atom. The normalized spacial score (nSPS) is 10.9. The van der Waals surface area contributed by atoms with Crippen LogP contribution in [0.2, 0.25) is 0 Å². The third-order valence-electron chi connectivity index (χ3n) is 4.31. The molecule has 0 saturated carbocycles. The summed E-state index contributed by atoms with van der Waals surface area (Å²) in [5.41, 5.74) is 2.30. The van der Waals surface area contributed by atoms with Gasteiger partial charge in [0.2, 0.25) is 0 Å². The largest absolute Gasteiger partial charge is 0.493 e. The van der Waals surface area contributed by atoms with E-state index >= 15 is 0 Å². The van der Waals surface area contributed by atoms with Gasteiger partial charge in [0, 0.05) is 11.0 Å². The van der Waals surface area contributed by atoms with Crippen LogP contribution >= 0.6 is 15.9 Å². The number of hydrogen-bond acceptors (Lipinski definition) is 5. The summed E-state index contributed by atoms with van der Waals surface area (Å²) in [6.45, 7) is -0.917. The number of alkyl halides is 2. The molecule has 3 rings (SSSR count). The second-order valence-corrected chi connectivity index (χ2v) is 7.20. The quantitative estimate of drug-likeness (QED) is 0.528. The zero-order chi connectivity index (χ0) is 21.7. The molecule has 1 amide bonds. The van der Waals surface area contributed by atoms with E-state index < -0.39 is 6.61 Å². The van der Waals surface area contributed by atoms with E-state index in [1.165, 1.54) is 13.2 Å². The summed E-state index contributed by atoms with van der Waals surface area (Å²) < 4.78 is 37.0. The highest BCUT2D eigenvalue weighted by Crippen LogP contribution is 2.29. The molecule has 1 N–H and O–H groups in total. The SMILES string of the molecule is COc1ccc(CCNC(=O)c2nnn(-c3cccc(Br)c3)c2C)cc1OC(F)F. The first kappa shape index (κ1) is 21.7. The van der Waals surface area contributed by atoms with Crippen molar-refractivity contribution in [2.75, 3.05) is 13.7 Å². The molecular weight excluding hydrogens is 462 g/mol. The maximum atomic E-state index is 12.5. The summed E-state index contributed by atoms with van der Waals surface area (Å²) in [6.07, 6.45) is 0.411. The number of nitrogens with one attached hydrogen (secondary N) is 1. The van der Waals surface area contributed by atoms with E-state index in [4.69, 9.17) is 4.74 Å². The Hall–Kier alpha value is -3.01. The summed E-state index contributed by atoms with van der Waals surface area (Å²) in [4.78, 5) is 12.5. The Kier molecular flexibility index (Phi) is 6.99. The molecule has 0 saturated heterocycles. The van der Waals surface area contributed by atoms with E-state index in [2.05, 4.69) is 36.3 Å². The van der Waals surface area contributed by atoms with Gasteiger partial charge >= 0.3 is 6.61 Å². The van der Waals surface area contributed by atoms with Crippen molar-refractivity contribution < 1.29 is 23.0 Å². The molecule has 0 aliphatic rings. The van der Waals surface area contributed by atoms with Gasteiger partial charge in [0.15, 0.2) is 17.2 Å². The van der Waals surface area contributed by atoms with Gasteiger partial charge in [0.25, 0.3) is 5.91 Å². The van der Waals surface area contributed by atoms with Crippen LogP contribution in [0.5, 0.6) is 11.5 Å². The minimum absolute atomic E-state index is 0.0517. The lowest BCUT2D eigenvalue weighted by Crippen LogP contribution is -2.26. The molecule has 7 nitrogen and oxygen atoms in total. The van der Waals surface area contributed by atoms with Crippen LogP contribution in [0.1, 0.15) is 21.7 Å². The highest BCUT2D eigenvalue weighted by molar-refractivity contribution is 9.10. The first-order chi connectivity index (χ1) is 14.4. The van der Waals surface area contributed by atoms with Gasteiger partial charge in [-0.2, -0.15) is 8.78 Å². The van der Waals surface area contributed by atoms with Crippen molar-refractivity contribution in [1.29, 1.82) is 0 Å². The van der Waals surface area contributed by atoms with Gasteiger partial charge in [-0.15, -0.1) is 5.10 Å². The molecule has 0 unspecified atom stereocenters. The lowest BCUT2D eigenvalue weighted by atomic mass is 10.1. The van der Waals surface area contributed by atoms with Crippen LogP contribution in [-0.2, 0) is 6.42 Å². The van der Waals surface area contributed by atoms with E-state index in [0.29, 0.717) is 17.7 Å². The summed E-state index contributed by atoms with van der Waals surface area (Å²) in [5, 5.41) is 10.8. The molecule has 30 heavy (non-hydrogen) atoms. The zero-order valence-electron chi connectivity index (χ0n) is 16.2. The number of aromatic nitrogens is 3. The fourth-order valence-corrected chi connectivity index (χ4v) is 3.25. The number of methoxy groups -OCH3 is 1. The molecule has 2 aromatic carbocycles. The summed E-state index contributed by atoms with van der Waals surface area (Å²) in [5.74, 6) is -0.210. The number of carbonyl (C=O) groups is 1. The van der Waals surface area contributed by atoms with Gasteiger partial charge in [-0.25, -0.2) is 4.68 Å². The van der Waals surface area contributed by atoms with Gasteiger partial charge in [-0.1, -0.05) is 33.3 Å². The minimum atomic E-state index is -2.95. The van der Waals surface area contributed by atoms with Crippen LogP contribution in [0.4, 0.5) is 8.78 Å². The van der Waals surface area contributed by atoms with Gasteiger partial charge < -0.3 is 14.8 Å². The van der Waals surface area contributed by atoms with Crippen molar-refractivity contribution in [1.82, 2.24) is 20.3 Å². The molecular formula is C20H19BrF2N4O3. The molecule has 1 heterocycles. The van der Waals surface area contributed by atoms with Crippen LogP contribution in [0.3, 0.4) is 0 Å². The number of amides is 1. The molecule has 1 aromatic heterocycles. The third-order valence-corrected chi connectivity index (χ3v) is 4.80. The van der Waals surface area contributed by atoms with Gasteiger partial charge in [0.1, 0.15) is 0 Å². The predicted molar refractivity (Wildman–Crippen MR) is 109 cm³/mol. The maximum absolute atomic E-state index is 12.5. The molecule has 3 aromatic rings. The Morgan fingerprint density at radius 3 is 2.73 bits per heavy atom. The first-order valence-electron chi connectivity index (χ1n) is 8.97. The van der Waals surface area contributed by atoms with Crippen molar-refractivity contribution in [2.24, 2.45) is 0 Å². The van der Waals surface area contributed by atoms with Crippen LogP contribution in [0.15, 0.2) is 46.9 Å². The molecule has 10 heteroatoms. The lowest BCUT2D eigenvalue weighted by Gasteiger charge is -2.11. The standard InChI is InChI=1S/C20H19BrF2N4O3/c1-12-18(25-26-27(12)15-5-3-4-14(21)11-15)19(28)24-9-8-13-6-7-16(29-2)17(10-13)30-20(22)23/h3-7,10-11,20H,8-9H2,1-2H3,(H,24,28). The Morgan fingerprint density at radius 1 is 1.23 bits per heavy atom. The first-order valence-corrected chi connectivity index (χ1v) is 9.76. The molecule has 0 aliphatic carbocycles. The number of rotatable bonds is 8. The summed E-state index contributed by atoms with van der Waals surface area (Å²) >= 11 is 3.40. The van der Waals surface area contributed by atoms with Crippen LogP contribution < -0.4 is 14.8 Å². The molecule has 0 fully saturated rings. The van der Waals surface area contributed by atoms with Crippen LogP contribution in [0.25, 0.3) is 5.69 Å². The molecule has 0 aliphatic heterocycles. The van der Waals surface area contributed by atoms with Crippen molar-refractivity contribution in [3.8, 4) is 17.2 Å². The molecule has 0 atom stereocenters. The van der Waals surface area contributed by atoms with Gasteiger partial charge in [-0.3, -0.25) is 4.79 Å². The van der Waals surface area contributed by atoms with Gasteiger partial charge in [-0.05, 0) is 49.2 Å². The summed E-state index contributed by atoms with van der Waals surface area (Å²) in [6, 6.07) is 12.2. The van der Waals surface area contributed by atoms with Gasteiger partial charge in [0.05, 0.1) is 18.5 Å². The average molecular weight is 481 g/mol. The van der Waals surface area contributed by atoms with Crippen molar-refractivity contribution in [2.45, 2.75) is 20.0 Å². The van der Waals surface area contributed by atoms with E-state index in [9.17, 15) is 13.6 Å². The fourth-order valence-electron chi connectivity index (χ4n) is 2.86. The number of benzene rings is 2. The highest BCUT2D eigenvalue weighted by Gasteiger charge is 2.17. The predicted octanol–water partition coefficient (Wildman–Crippen LogP) is 3.92. The number of nitrogens with zero attached hydrogens (tertiary/aromatic N) is 3. The zero-order valence-corrected chi connectivity index (χ0v) is 17.8. The maximum Gasteiger partial charge on any atom is 0.387 e. The Labute approximate surface area is 180 Å². The molecule has 158 valence electrons. The average Bonchev–Trinajstić information content (AvgIpc) is 3.09. The second-order valence-electron chi connectivity index (χ2n) is 6.28. The molecule has 0 spiro atoms. The van der Waals surface area contributed by atoms with Crippen molar-refractivity contribution in [3.05, 3.63) is 63.9 Å². The second kappa shape index (κ2) is 9.66. The molecule has 0 bridgehead atoms. The number of ether oxygens (including phenoxy) is 2. The third kappa shape index (κ3) is 5.12. The molecule has 0 radical (unpaired) electrons. The van der Waals surface area contributed by atoms with E-state index in [1.54, 1.807) is 23.7 Å². The van der Waals surface area contributed by atoms with Crippen LogP contribution in [-0.4, -0.2) is 41.2 Å². The fraction of sp³-hybridized carbons (Fsp3) is 0.250. The van der Waals surface area contributed by atoms with E-state index in [1.807, 2.05) is 24.3 Å². The Balaban J connectivity index is 1.64. The van der Waals surface area contributed by atoms with Crippen molar-refractivity contribution >= 4 is 21.8 Å². The summed E-state index contributed by atoms with van der Waals surface area (Å²) in [7, 11) is 1.37. The highest BCUT2D eigenvalue weighted by atomic mass is 79.9. The monoisotopic (exact) mass is 480 g/mol. The topological polar surface area (TPSA) is 78.3 Å². The number of hydrogen-bond donors (Lipinski definition) is 1. The van der Waals surface area contributed by atoms with Crippen LogP contribution in [0, 0.1) is 6.92 Å². The minimum Gasteiger partial charge on any atom is -0.493 e.